The molecule has 0 spiro atoms. The number of benzene rings is 1. The number of thiophene rings is 1. The fourth-order valence-corrected chi connectivity index (χ4v) is 3.50. The van der Waals surface area contributed by atoms with E-state index in [0.717, 1.165) is 25.1 Å². The van der Waals surface area contributed by atoms with E-state index >= 15 is 0 Å². The van der Waals surface area contributed by atoms with E-state index in [-0.39, 0.29) is 5.91 Å². The first-order chi connectivity index (χ1) is 10.2. The fourth-order valence-electron chi connectivity index (χ4n) is 2.61. The van der Waals surface area contributed by atoms with E-state index in [9.17, 15) is 4.79 Å². The van der Waals surface area contributed by atoms with Crippen LogP contribution in [0.1, 0.15) is 21.6 Å². The van der Waals surface area contributed by atoms with Gasteiger partial charge in [0, 0.05) is 24.5 Å². The van der Waals surface area contributed by atoms with Crippen LogP contribution in [0.5, 0.6) is 0 Å². The van der Waals surface area contributed by atoms with Gasteiger partial charge in [0.1, 0.15) is 0 Å². The second kappa shape index (κ2) is 6.41. The first-order valence-corrected chi connectivity index (χ1v) is 8.18. The van der Waals surface area contributed by atoms with Crippen LogP contribution in [0.15, 0.2) is 35.7 Å². The van der Waals surface area contributed by atoms with Gasteiger partial charge >= 0.3 is 0 Å². The Kier molecular flexibility index (Phi) is 4.36. The number of nitrogens with one attached hydrogen (secondary N) is 1. The van der Waals surface area contributed by atoms with Crippen molar-refractivity contribution in [2.75, 3.05) is 13.1 Å². The van der Waals surface area contributed by atoms with Gasteiger partial charge in [0.2, 0.25) is 5.91 Å². The second-order valence-corrected chi connectivity index (χ2v) is 6.59. The maximum atomic E-state index is 12.1. The van der Waals surface area contributed by atoms with Crippen molar-refractivity contribution < 1.29 is 4.79 Å². The molecule has 1 N–H and O–H groups in total. The highest BCUT2D eigenvalue weighted by molar-refractivity contribution is 7.10. The predicted molar refractivity (Wildman–Crippen MR) is 86.3 cm³/mol. The minimum Gasteiger partial charge on any atom is -0.351 e. The molecular formula is C17H20N2OS. The van der Waals surface area contributed by atoms with E-state index in [1.807, 2.05) is 11.3 Å². The van der Waals surface area contributed by atoms with Crippen LogP contribution in [0.25, 0.3) is 0 Å². The van der Waals surface area contributed by atoms with Crippen molar-refractivity contribution in [1.82, 2.24) is 10.2 Å². The predicted octanol–water partition coefficient (Wildman–Crippen LogP) is 2.73. The lowest BCUT2D eigenvalue weighted by Gasteiger charge is -2.26. The van der Waals surface area contributed by atoms with Crippen LogP contribution in [-0.4, -0.2) is 23.9 Å². The molecule has 1 aromatic heterocycles. The molecule has 2 heterocycles. The standard InChI is InChI=1S/C17H20N2OS/c1-13-2-4-14(5-3-13)10-18-17(20)12-19-8-6-16-15(11-19)7-9-21-16/h2-5,7,9H,6,8,10-12H2,1H3,(H,18,20). The summed E-state index contributed by atoms with van der Waals surface area (Å²) in [5.41, 5.74) is 3.77. The lowest BCUT2D eigenvalue weighted by molar-refractivity contribution is -0.122. The van der Waals surface area contributed by atoms with Crippen molar-refractivity contribution in [2.45, 2.75) is 26.4 Å². The van der Waals surface area contributed by atoms with Gasteiger partial charge in [0.25, 0.3) is 0 Å². The van der Waals surface area contributed by atoms with Crippen molar-refractivity contribution in [3.63, 3.8) is 0 Å². The van der Waals surface area contributed by atoms with Crippen LogP contribution in [0, 0.1) is 6.92 Å². The molecule has 3 nitrogen and oxygen atoms in total. The third-order valence-electron chi connectivity index (χ3n) is 3.86. The summed E-state index contributed by atoms with van der Waals surface area (Å²) in [5.74, 6) is 0.106. The van der Waals surface area contributed by atoms with Crippen LogP contribution < -0.4 is 5.32 Å². The van der Waals surface area contributed by atoms with Crippen molar-refractivity contribution >= 4 is 17.2 Å². The minimum atomic E-state index is 0.106. The summed E-state index contributed by atoms with van der Waals surface area (Å²) in [5, 5.41) is 5.15. The number of carbonyl (C=O) groups is 1. The van der Waals surface area contributed by atoms with E-state index in [2.05, 4.69) is 52.9 Å². The van der Waals surface area contributed by atoms with Gasteiger partial charge in [-0.2, -0.15) is 0 Å². The number of fused-ring (bicyclic) bond motifs is 1. The maximum Gasteiger partial charge on any atom is 0.234 e. The Morgan fingerprint density at radius 1 is 1.29 bits per heavy atom. The Labute approximate surface area is 129 Å². The Morgan fingerprint density at radius 2 is 2.10 bits per heavy atom. The number of amides is 1. The Hall–Kier alpha value is -1.65. The molecule has 1 aromatic carbocycles. The Balaban J connectivity index is 1.47. The molecule has 0 radical (unpaired) electrons. The molecule has 0 saturated heterocycles. The molecule has 21 heavy (non-hydrogen) atoms. The second-order valence-electron chi connectivity index (χ2n) is 5.59. The van der Waals surface area contributed by atoms with Crippen molar-refractivity contribution in [1.29, 1.82) is 0 Å². The number of hydrogen-bond donors (Lipinski definition) is 1. The fraction of sp³-hybridized carbons (Fsp3) is 0.353. The maximum absolute atomic E-state index is 12.1. The summed E-state index contributed by atoms with van der Waals surface area (Å²) in [4.78, 5) is 15.8. The first-order valence-electron chi connectivity index (χ1n) is 7.30. The summed E-state index contributed by atoms with van der Waals surface area (Å²) in [6.07, 6.45) is 1.07. The number of carbonyl (C=O) groups excluding carboxylic acids is 1. The third kappa shape index (κ3) is 3.71. The highest BCUT2D eigenvalue weighted by Gasteiger charge is 2.18. The zero-order valence-corrected chi connectivity index (χ0v) is 13.1. The topological polar surface area (TPSA) is 32.3 Å². The SMILES string of the molecule is Cc1ccc(CNC(=O)CN2CCc3sccc3C2)cc1. The zero-order valence-electron chi connectivity index (χ0n) is 12.3. The number of aryl methyl sites for hydroxylation is 1. The summed E-state index contributed by atoms with van der Waals surface area (Å²) >= 11 is 1.83. The first kappa shape index (κ1) is 14.3. The van der Waals surface area contributed by atoms with E-state index < -0.39 is 0 Å². The van der Waals surface area contributed by atoms with Crippen molar-refractivity contribution in [3.8, 4) is 0 Å². The van der Waals surface area contributed by atoms with Crippen LogP contribution in [0.2, 0.25) is 0 Å². The number of nitrogens with zero attached hydrogens (tertiary/aromatic N) is 1. The average Bonchev–Trinajstić information content (AvgIpc) is 2.94. The zero-order chi connectivity index (χ0) is 14.7. The van der Waals surface area contributed by atoms with Gasteiger partial charge in [-0.15, -0.1) is 11.3 Å². The molecule has 0 aliphatic carbocycles. The number of rotatable bonds is 4. The van der Waals surface area contributed by atoms with E-state index in [1.165, 1.54) is 16.0 Å². The van der Waals surface area contributed by atoms with E-state index in [0.29, 0.717) is 13.1 Å². The van der Waals surface area contributed by atoms with Gasteiger partial charge in [0.15, 0.2) is 0 Å². The molecule has 1 amide bonds. The quantitative estimate of drug-likeness (QED) is 0.941. The monoisotopic (exact) mass is 300 g/mol. The van der Waals surface area contributed by atoms with Crippen molar-refractivity contribution in [3.05, 3.63) is 57.3 Å². The minimum absolute atomic E-state index is 0.106. The highest BCUT2D eigenvalue weighted by atomic mass is 32.1. The smallest absolute Gasteiger partial charge is 0.234 e. The summed E-state index contributed by atoms with van der Waals surface area (Å²) in [6.45, 7) is 5.04. The molecule has 3 rings (SSSR count). The van der Waals surface area contributed by atoms with Gasteiger partial charge in [-0.25, -0.2) is 0 Å². The number of hydrogen-bond acceptors (Lipinski definition) is 3. The average molecular weight is 300 g/mol. The molecule has 0 saturated carbocycles. The highest BCUT2D eigenvalue weighted by Crippen LogP contribution is 2.23. The molecule has 0 unspecified atom stereocenters. The molecule has 0 atom stereocenters. The van der Waals surface area contributed by atoms with E-state index in [4.69, 9.17) is 0 Å². The summed E-state index contributed by atoms with van der Waals surface area (Å²) in [6, 6.07) is 10.5. The largest absolute Gasteiger partial charge is 0.351 e. The third-order valence-corrected chi connectivity index (χ3v) is 4.89. The van der Waals surface area contributed by atoms with E-state index in [1.54, 1.807) is 0 Å². The summed E-state index contributed by atoms with van der Waals surface area (Å²) in [7, 11) is 0. The van der Waals surface area contributed by atoms with Crippen LogP contribution >= 0.6 is 11.3 Å². The normalized spacial score (nSPS) is 14.7. The van der Waals surface area contributed by atoms with Gasteiger partial charge in [-0.3, -0.25) is 9.69 Å². The molecule has 110 valence electrons. The molecule has 0 fully saturated rings. The van der Waals surface area contributed by atoms with Crippen LogP contribution in [0.3, 0.4) is 0 Å². The molecule has 1 aliphatic rings. The Bertz CT molecular complexity index is 618. The van der Waals surface area contributed by atoms with Gasteiger partial charge in [-0.1, -0.05) is 29.8 Å². The molecule has 1 aliphatic heterocycles. The van der Waals surface area contributed by atoms with Crippen LogP contribution in [0.4, 0.5) is 0 Å². The van der Waals surface area contributed by atoms with Gasteiger partial charge in [0.05, 0.1) is 6.54 Å². The van der Waals surface area contributed by atoms with Crippen LogP contribution in [-0.2, 0) is 24.3 Å². The van der Waals surface area contributed by atoms with Gasteiger partial charge in [-0.05, 0) is 35.9 Å². The van der Waals surface area contributed by atoms with Crippen molar-refractivity contribution in [2.24, 2.45) is 0 Å². The molecule has 0 bridgehead atoms. The van der Waals surface area contributed by atoms with Gasteiger partial charge < -0.3 is 5.32 Å². The lowest BCUT2D eigenvalue weighted by atomic mass is 10.1. The summed E-state index contributed by atoms with van der Waals surface area (Å²) < 4.78 is 0. The Morgan fingerprint density at radius 3 is 2.90 bits per heavy atom. The lowest BCUT2D eigenvalue weighted by Crippen LogP contribution is -2.39. The molecule has 4 heteroatoms. The molecular weight excluding hydrogens is 280 g/mol. The molecule has 2 aromatic rings.